The molecular formula is C16H18FNO4S. The Labute approximate surface area is 135 Å². The topological polar surface area (TPSA) is 64.6 Å². The predicted octanol–water partition coefficient (Wildman–Crippen LogP) is 2.50. The first-order valence-corrected chi connectivity index (χ1v) is 8.43. The van der Waals surface area contributed by atoms with Gasteiger partial charge in [-0.1, -0.05) is 17.7 Å². The molecule has 23 heavy (non-hydrogen) atoms. The minimum absolute atomic E-state index is 0.00773. The van der Waals surface area contributed by atoms with Gasteiger partial charge >= 0.3 is 0 Å². The third-order valence-electron chi connectivity index (χ3n) is 3.12. The van der Waals surface area contributed by atoms with Crippen LogP contribution in [0.1, 0.15) is 5.56 Å². The van der Waals surface area contributed by atoms with E-state index in [4.69, 9.17) is 9.47 Å². The molecule has 2 aromatic rings. The molecule has 0 aliphatic rings. The molecule has 0 saturated carbocycles. The zero-order valence-corrected chi connectivity index (χ0v) is 13.7. The second-order valence-corrected chi connectivity index (χ2v) is 6.62. The Balaban J connectivity index is 1.91. The van der Waals surface area contributed by atoms with Crippen LogP contribution in [0.25, 0.3) is 0 Å². The molecule has 0 amide bonds. The maximum absolute atomic E-state index is 13.6. The highest BCUT2D eigenvalue weighted by atomic mass is 32.2. The first-order chi connectivity index (χ1) is 10.9. The van der Waals surface area contributed by atoms with Gasteiger partial charge in [0.1, 0.15) is 12.4 Å². The van der Waals surface area contributed by atoms with Gasteiger partial charge in [-0.3, -0.25) is 0 Å². The Morgan fingerprint density at radius 3 is 2.43 bits per heavy atom. The van der Waals surface area contributed by atoms with E-state index in [0.717, 1.165) is 11.6 Å². The summed E-state index contributed by atoms with van der Waals surface area (Å²) >= 11 is 0. The van der Waals surface area contributed by atoms with E-state index >= 15 is 0 Å². The van der Waals surface area contributed by atoms with Crippen molar-refractivity contribution in [2.24, 2.45) is 0 Å². The highest BCUT2D eigenvalue weighted by Crippen LogP contribution is 2.20. The highest BCUT2D eigenvalue weighted by molar-refractivity contribution is 7.89. The third kappa shape index (κ3) is 4.67. The molecule has 0 aliphatic carbocycles. The summed E-state index contributed by atoms with van der Waals surface area (Å²) in [7, 11) is -2.48. The Morgan fingerprint density at radius 2 is 1.83 bits per heavy atom. The second kappa shape index (κ2) is 7.43. The van der Waals surface area contributed by atoms with Crippen molar-refractivity contribution in [2.75, 3.05) is 20.3 Å². The summed E-state index contributed by atoms with van der Waals surface area (Å²) in [5.74, 6) is -0.0803. The van der Waals surface area contributed by atoms with Crippen LogP contribution in [-0.4, -0.2) is 28.7 Å². The lowest BCUT2D eigenvalue weighted by atomic mass is 10.2. The van der Waals surface area contributed by atoms with Gasteiger partial charge in [0, 0.05) is 6.54 Å². The minimum Gasteiger partial charge on any atom is -0.494 e. The van der Waals surface area contributed by atoms with E-state index in [2.05, 4.69) is 4.72 Å². The smallest absolute Gasteiger partial charge is 0.240 e. The van der Waals surface area contributed by atoms with Gasteiger partial charge in [-0.05, 0) is 37.3 Å². The van der Waals surface area contributed by atoms with Gasteiger partial charge < -0.3 is 9.47 Å². The van der Waals surface area contributed by atoms with Gasteiger partial charge in [0.05, 0.1) is 12.0 Å². The van der Waals surface area contributed by atoms with Crippen LogP contribution in [0.15, 0.2) is 47.4 Å². The van der Waals surface area contributed by atoms with Gasteiger partial charge in [-0.25, -0.2) is 17.5 Å². The number of methoxy groups -OCH3 is 1. The molecule has 7 heteroatoms. The summed E-state index contributed by atoms with van der Waals surface area (Å²) in [5.41, 5.74) is 1.11. The fourth-order valence-electron chi connectivity index (χ4n) is 1.88. The molecule has 0 saturated heterocycles. The molecule has 5 nitrogen and oxygen atoms in total. The summed E-state index contributed by atoms with van der Waals surface area (Å²) in [5, 5.41) is 0. The van der Waals surface area contributed by atoms with Gasteiger partial charge in [-0.2, -0.15) is 0 Å². The van der Waals surface area contributed by atoms with Crippen LogP contribution in [0.3, 0.4) is 0 Å². The van der Waals surface area contributed by atoms with Crippen LogP contribution < -0.4 is 14.2 Å². The van der Waals surface area contributed by atoms with E-state index in [1.807, 2.05) is 31.2 Å². The number of rotatable bonds is 7. The van der Waals surface area contributed by atoms with Crippen molar-refractivity contribution in [3.63, 3.8) is 0 Å². The van der Waals surface area contributed by atoms with Crippen LogP contribution in [0.5, 0.6) is 11.5 Å². The van der Waals surface area contributed by atoms with Gasteiger partial charge in [0.25, 0.3) is 0 Å². The van der Waals surface area contributed by atoms with Gasteiger partial charge in [-0.15, -0.1) is 0 Å². The fraction of sp³-hybridized carbons (Fsp3) is 0.250. The lowest BCUT2D eigenvalue weighted by Gasteiger charge is -2.09. The molecule has 0 radical (unpaired) electrons. The summed E-state index contributed by atoms with van der Waals surface area (Å²) in [6, 6.07) is 10.9. The van der Waals surface area contributed by atoms with Crippen LogP contribution in [0.2, 0.25) is 0 Å². The van der Waals surface area contributed by atoms with Crippen molar-refractivity contribution in [2.45, 2.75) is 11.8 Å². The maximum atomic E-state index is 13.6. The summed E-state index contributed by atoms with van der Waals surface area (Å²) < 4.78 is 50.3. The van der Waals surface area contributed by atoms with E-state index in [1.54, 1.807) is 0 Å². The van der Waals surface area contributed by atoms with Crippen LogP contribution in [-0.2, 0) is 10.0 Å². The zero-order valence-electron chi connectivity index (χ0n) is 12.9. The summed E-state index contributed by atoms with van der Waals surface area (Å²) in [4.78, 5) is -0.161. The average molecular weight is 339 g/mol. The quantitative estimate of drug-likeness (QED) is 0.787. The van der Waals surface area contributed by atoms with Crippen LogP contribution >= 0.6 is 0 Å². The molecule has 0 fully saturated rings. The molecule has 2 rings (SSSR count). The number of aryl methyl sites for hydroxylation is 1. The van der Waals surface area contributed by atoms with E-state index in [9.17, 15) is 12.8 Å². The molecule has 0 heterocycles. The molecule has 2 aromatic carbocycles. The number of nitrogens with one attached hydrogen (secondary N) is 1. The predicted molar refractivity (Wildman–Crippen MR) is 84.8 cm³/mol. The number of ether oxygens (including phenoxy) is 2. The van der Waals surface area contributed by atoms with Crippen molar-refractivity contribution < 1.29 is 22.3 Å². The summed E-state index contributed by atoms with van der Waals surface area (Å²) in [6.45, 7) is 2.21. The largest absolute Gasteiger partial charge is 0.494 e. The monoisotopic (exact) mass is 339 g/mol. The second-order valence-electron chi connectivity index (χ2n) is 4.86. The first-order valence-electron chi connectivity index (χ1n) is 6.95. The summed E-state index contributed by atoms with van der Waals surface area (Å²) in [6.07, 6.45) is 0. The van der Waals surface area contributed by atoms with Crippen molar-refractivity contribution >= 4 is 10.0 Å². The van der Waals surface area contributed by atoms with Crippen molar-refractivity contribution in [3.8, 4) is 11.5 Å². The molecule has 1 N–H and O–H groups in total. The zero-order chi connectivity index (χ0) is 16.9. The van der Waals surface area contributed by atoms with E-state index in [1.165, 1.54) is 19.2 Å². The normalized spacial score (nSPS) is 11.3. The van der Waals surface area contributed by atoms with Crippen molar-refractivity contribution in [3.05, 3.63) is 53.8 Å². The van der Waals surface area contributed by atoms with Crippen LogP contribution in [0.4, 0.5) is 4.39 Å². The lowest BCUT2D eigenvalue weighted by molar-refractivity contribution is 0.323. The Bertz CT molecular complexity index is 760. The SMILES string of the molecule is COc1ccc(S(=O)(=O)NCCOc2ccc(C)cc2)cc1F. The number of halogens is 1. The lowest BCUT2D eigenvalue weighted by Crippen LogP contribution is -2.28. The van der Waals surface area contributed by atoms with Crippen molar-refractivity contribution in [1.82, 2.24) is 4.72 Å². The number of hydrogen-bond donors (Lipinski definition) is 1. The first kappa shape index (κ1) is 17.2. The molecular weight excluding hydrogens is 321 g/mol. The molecule has 0 spiro atoms. The number of sulfonamides is 1. The van der Waals surface area contributed by atoms with E-state index in [0.29, 0.717) is 5.75 Å². The molecule has 124 valence electrons. The maximum Gasteiger partial charge on any atom is 0.240 e. The molecule has 0 unspecified atom stereocenters. The van der Waals surface area contributed by atoms with Gasteiger partial charge in [0.15, 0.2) is 11.6 Å². The Kier molecular flexibility index (Phi) is 5.57. The third-order valence-corrected chi connectivity index (χ3v) is 4.58. The van der Waals surface area contributed by atoms with E-state index < -0.39 is 15.8 Å². The number of benzene rings is 2. The average Bonchev–Trinajstić information content (AvgIpc) is 2.53. The van der Waals surface area contributed by atoms with Crippen molar-refractivity contribution in [1.29, 1.82) is 0 Å². The Hall–Kier alpha value is -2.12. The molecule has 0 atom stereocenters. The molecule has 0 bridgehead atoms. The van der Waals surface area contributed by atoms with Crippen LogP contribution in [0, 0.1) is 12.7 Å². The Morgan fingerprint density at radius 1 is 1.13 bits per heavy atom. The highest BCUT2D eigenvalue weighted by Gasteiger charge is 2.16. The molecule has 0 aliphatic heterocycles. The minimum atomic E-state index is -3.79. The van der Waals surface area contributed by atoms with Gasteiger partial charge in [0.2, 0.25) is 10.0 Å². The molecule has 0 aromatic heterocycles. The number of hydrogen-bond acceptors (Lipinski definition) is 4. The standard InChI is InChI=1S/C16H18FNO4S/c1-12-3-5-13(6-4-12)22-10-9-18-23(19,20)14-7-8-16(21-2)15(17)11-14/h3-8,11,18H,9-10H2,1-2H3. The van der Waals surface area contributed by atoms with E-state index in [-0.39, 0.29) is 23.8 Å². The fourth-order valence-corrected chi connectivity index (χ4v) is 2.90.